The molecule has 11 rings (SSSR count). The molecule has 3 aromatic heterocycles. The quantitative estimate of drug-likeness (QED) is 0.170. The van der Waals surface area contributed by atoms with Crippen molar-refractivity contribution < 1.29 is 0 Å². The fourth-order valence-corrected chi connectivity index (χ4v) is 8.88. The van der Waals surface area contributed by atoms with Gasteiger partial charge in [0, 0.05) is 38.3 Å². The summed E-state index contributed by atoms with van der Waals surface area (Å²) in [4.78, 5) is 3.75. The summed E-state index contributed by atoms with van der Waals surface area (Å²) in [6.07, 6.45) is 0. The summed E-state index contributed by atoms with van der Waals surface area (Å²) in [5, 5.41) is 27.6. The van der Waals surface area contributed by atoms with Crippen molar-refractivity contribution in [2.24, 2.45) is 0 Å². The van der Waals surface area contributed by atoms with E-state index in [1.807, 2.05) is 84.9 Å². The van der Waals surface area contributed by atoms with Crippen LogP contribution < -0.4 is 0 Å². The highest BCUT2D eigenvalue weighted by Crippen LogP contribution is 2.41. The summed E-state index contributed by atoms with van der Waals surface area (Å²) in [6, 6.07) is 62.5. The van der Waals surface area contributed by atoms with Gasteiger partial charge in [-0.1, -0.05) is 97.1 Å². The van der Waals surface area contributed by atoms with Crippen molar-refractivity contribution in [3.05, 3.63) is 192 Å². The molecular weight excluding hydrogens is 697 g/mol. The van der Waals surface area contributed by atoms with Gasteiger partial charge in [-0.05, 0) is 89.3 Å². The lowest BCUT2D eigenvalue weighted by Gasteiger charge is -2.14. The highest BCUT2D eigenvalue weighted by atomic mass is 15.0. The minimum absolute atomic E-state index is 0.530. The summed E-state index contributed by atoms with van der Waals surface area (Å²) >= 11 is 0. The predicted octanol–water partition coefficient (Wildman–Crippen LogP) is 12.9. The molecular formula is C51H28N6. The molecule has 0 N–H and O–H groups in total. The Bertz CT molecular complexity index is 3520. The largest absolute Gasteiger partial charge is 0.309 e. The minimum Gasteiger partial charge on any atom is -0.309 e. The molecule has 0 aliphatic rings. The molecule has 0 bridgehead atoms. The van der Waals surface area contributed by atoms with Crippen LogP contribution in [0.15, 0.2) is 170 Å². The highest BCUT2D eigenvalue weighted by Gasteiger charge is 2.21. The average Bonchev–Trinajstić information content (AvgIpc) is 3.90. The van der Waals surface area contributed by atoms with E-state index in [4.69, 9.17) is 6.57 Å². The molecule has 11 aromatic rings. The molecule has 0 aliphatic carbocycles. The second kappa shape index (κ2) is 12.3. The van der Waals surface area contributed by atoms with Gasteiger partial charge in [-0.2, -0.15) is 10.5 Å². The molecule has 0 atom stereocenters. The number of nitriles is 2. The second-order valence-corrected chi connectivity index (χ2v) is 14.3. The van der Waals surface area contributed by atoms with Crippen LogP contribution in [0.3, 0.4) is 0 Å². The van der Waals surface area contributed by atoms with Crippen LogP contribution in [-0.4, -0.2) is 13.7 Å². The Labute approximate surface area is 326 Å². The van der Waals surface area contributed by atoms with Gasteiger partial charge in [-0.15, -0.1) is 0 Å². The molecule has 0 radical (unpaired) electrons. The smallest absolute Gasteiger partial charge is 0.188 e. The number of hydrogen-bond donors (Lipinski definition) is 0. The summed E-state index contributed by atoms with van der Waals surface area (Å²) in [5.74, 6) is 0. The third-order valence-electron chi connectivity index (χ3n) is 11.3. The monoisotopic (exact) mass is 724 g/mol. The zero-order valence-electron chi connectivity index (χ0n) is 30.3. The Morgan fingerprint density at radius 2 is 0.930 bits per heavy atom. The van der Waals surface area contributed by atoms with Crippen LogP contribution in [0.4, 0.5) is 5.69 Å². The van der Waals surface area contributed by atoms with E-state index in [0.717, 1.165) is 82.8 Å². The van der Waals surface area contributed by atoms with E-state index in [-0.39, 0.29) is 0 Å². The van der Waals surface area contributed by atoms with Gasteiger partial charge in [-0.25, -0.2) is 4.85 Å². The first kappa shape index (κ1) is 32.1. The lowest BCUT2D eigenvalue weighted by atomic mass is 9.99. The molecule has 0 saturated carbocycles. The first-order valence-corrected chi connectivity index (χ1v) is 18.7. The van der Waals surface area contributed by atoms with Crippen LogP contribution in [0, 0.1) is 29.2 Å². The number of para-hydroxylation sites is 4. The van der Waals surface area contributed by atoms with Gasteiger partial charge in [0.2, 0.25) is 0 Å². The van der Waals surface area contributed by atoms with Crippen molar-refractivity contribution in [3.8, 4) is 40.3 Å². The second-order valence-electron chi connectivity index (χ2n) is 14.3. The molecule has 3 heterocycles. The summed E-state index contributed by atoms with van der Waals surface area (Å²) < 4.78 is 6.62. The van der Waals surface area contributed by atoms with E-state index in [9.17, 15) is 10.5 Å². The fraction of sp³-hybridized carbons (Fsp3) is 0. The number of nitrogens with zero attached hydrogens (tertiary/aromatic N) is 6. The predicted molar refractivity (Wildman–Crippen MR) is 231 cm³/mol. The third-order valence-corrected chi connectivity index (χ3v) is 11.3. The molecule has 0 unspecified atom stereocenters. The van der Waals surface area contributed by atoms with Gasteiger partial charge < -0.3 is 13.7 Å². The number of hydrogen-bond acceptors (Lipinski definition) is 2. The maximum Gasteiger partial charge on any atom is 0.188 e. The number of aromatic nitrogens is 3. The first-order chi connectivity index (χ1) is 28.1. The van der Waals surface area contributed by atoms with E-state index in [2.05, 4.69) is 116 Å². The van der Waals surface area contributed by atoms with E-state index < -0.39 is 0 Å². The van der Waals surface area contributed by atoms with Crippen LogP contribution in [0.1, 0.15) is 11.1 Å². The van der Waals surface area contributed by atoms with Gasteiger partial charge in [0.15, 0.2) is 5.69 Å². The number of benzene rings is 8. The molecule has 0 fully saturated rings. The van der Waals surface area contributed by atoms with E-state index in [0.29, 0.717) is 16.8 Å². The highest BCUT2D eigenvalue weighted by molar-refractivity contribution is 6.13. The van der Waals surface area contributed by atoms with Crippen molar-refractivity contribution in [2.45, 2.75) is 0 Å². The molecule has 8 aromatic carbocycles. The molecule has 6 heteroatoms. The fourth-order valence-electron chi connectivity index (χ4n) is 8.88. The Hall–Kier alpha value is -8.37. The Balaban J connectivity index is 1.13. The standard InChI is InChI=1S/C51H28N6/c1-54-35-21-24-49-44(28-35)43-27-34(31-53)50(57-47-19-8-4-15-41(47)42-16-5-9-20-48(42)57)29-51(43)56(49)36-12-10-11-32(25-36)38-23-22-37(26-33(38)30-52)55-45-17-6-2-13-39(45)40-14-3-7-18-46(40)55/h2-29H. The zero-order chi connectivity index (χ0) is 38.2. The summed E-state index contributed by atoms with van der Waals surface area (Å²) in [6.45, 7) is 7.79. The van der Waals surface area contributed by atoms with Crippen molar-refractivity contribution in [3.63, 3.8) is 0 Å². The van der Waals surface area contributed by atoms with E-state index >= 15 is 0 Å². The van der Waals surface area contributed by atoms with Crippen LogP contribution in [-0.2, 0) is 0 Å². The maximum atomic E-state index is 10.7. The first-order valence-electron chi connectivity index (χ1n) is 18.7. The minimum atomic E-state index is 0.530. The molecule has 0 amide bonds. The summed E-state index contributed by atoms with van der Waals surface area (Å²) in [5.41, 5.74) is 12.0. The normalized spacial score (nSPS) is 11.5. The van der Waals surface area contributed by atoms with Crippen LogP contribution in [0.25, 0.3) is 98.5 Å². The molecule has 0 aliphatic heterocycles. The van der Waals surface area contributed by atoms with Crippen molar-refractivity contribution >= 4 is 71.1 Å². The van der Waals surface area contributed by atoms with Gasteiger partial charge in [-0.3, -0.25) is 0 Å². The zero-order valence-corrected chi connectivity index (χ0v) is 30.3. The molecule has 57 heavy (non-hydrogen) atoms. The van der Waals surface area contributed by atoms with Crippen LogP contribution >= 0.6 is 0 Å². The third kappa shape index (κ3) is 4.68. The van der Waals surface area contributed by atoms with Gasteiger partial charge in [0.1, 0.15) is 6.07 Å². The lowest BCUT2D eigenvalue weighted by molar-refractivity contribution is 1.15. The Kier molecular flexibility index (Phi) is 6.95. The van der Waals surface area contributed by atoms with Crippen LogP contribution in [0.5, 0.6) is 0 Å². The molecule has 6 nitrogen and oxygen atoms in total. The molecule has 0 spiro atoms. The summed E-state index contributed by atoms with van der Waals surface area (Å²) in [7, 11) is 0. The number of fused-ring (bicyclic) bond motifs is 9. The molecule has 0 saturated heterocycles. The van der Waals surface area contributed by atoms with Crippen molar-refractivity contribution in [1.29, 1.82) is 10.5 Å². The number of rotatable bonds is 4. The van der Waals surface area contributed by atoms with E-state index in [1.54, 1.807) is 0 Å². The SMILES string of the molecule is [C-]#[N+]c1ccc2c(c1)c1cc(C#N)c(-n3c4ccccc4c4ccccc43)cc1n2-c1cccc(-c2ccc(-n3c4ccccc4c4ccccc43)cc2C#N)c1. The Morgan fingerprint density at radius 1 is 0.404 bits per heavy atom. The maximum absolute atomic E-state index is 10.7. The Morgan fingerprint density at radius 3 is 1.53 bits per heavy atom. The molecule has 262 valence electrons. The van der Waals surface area contributed by atoms with Gasteiger partial charge in [0.05, 0.1) is 62.6 Å². The van der Waals surface area contributed by atoms with Crippen molar-refractivity contribution in [2.75, 3.05) is 0 Å². The average molecular weight is 725 g/mol. The van der Waals surface area contributed by atoms with Crippen molar-refractivity contribution in [1.82, 2.24) is 13.7 Å². The van der Waals surface area contributed by atoms with Crippen LogP contribution in [0.2, 0.25) is 0 Å². The van der Waals surface area contributed by atoms with E-state index in [1.165, 1.54) is 10.8 Å². The topological polar surface area (TPSA) is 66.7 Å². The lowest BCUT2D eigenvalue weighted by Crippen LogP contribution is -2.00. The van der Waals surface area contributed by atoms with Gasteiger partial charge in [0.25, 0.3) is 0 Å². The van der Waals surface area contributed by atoms with Gasteiger partial charge >= 0.3 is 0 Å².